The SMILES string of the molecule is C=C1C[C@H]2C(O)N3C(=O)OCc4ccc(cc4)NC(=O)[C@H](C)NC(=O)[C@H](C)NC(=O)CCOCCOCCOCCNC(=O)/C=C\C(=O)NCCOCCOCCOCCC(=O)N[C@@H](CCCCN)C(=O)N[C@@H](CC(=O)O)C(=O)Nc4ccc(cc4)COC(=O)N4C[C@@H]5CCCN5C(=O)c5cc(OC)c(cc54)OCCCOc4cc3c(cc4OC)C(=O)N2C1. The van der Waals surface area contributed by atoms with Crippen molar-refractivity contribution in [3.05, 3.63) is 119 Å². The summed E-state index contributed by atoms with van der Waals surface area (Å²) in [6.07, 6.45) is 0.291. The number of aliphatic hydroxyl groups is 1. The van der Waals surface area contributed by atoms with Crippen molar-refractivity contribution in [2.24, 2.45) is 5.73 Å². The summed E-state index contributed by atoms with van der Waals surface area (Å²) in [5, 5.41) is 42.8. The number of nitrogens with zero attached hydrogens (tertiary/aromatic N) is 4. The molecule has 7 aliphatic rings. The molecule has 674 valence electrons. The van der Waals surface area contributed by atoms with Gasteiger partial charge in [0.25, 0.3) is 11.8 Å². The van der Waals surface area contributed by atoms with Crippen LogP contribution in [0.1, 0.15) is 110 Å². The number of methoxy groups -OCH3 is 2. The average molecular weight is 1730 g/mol. The fourth-order valence-corrected chi connectivity index (χ4v) is 13.7. The molecule has 12 amide bonds. The molecule has 2 fully saturated rings. The van der Waals surface area contributed by atoms with Gasteiger partial charge in [-0.1, -0.05) is 36.4 Å². The predicted molar refractivity (Wildman–Crippen MR) is 444 cm³/mol. The highest BCUT2D eigenvalue weighted by molar-refractivity contribution is 6.08. The summed E-state index contributed by atoms with van der Waals surface area (Å²) in [7, 11) is 2.77. The van der Waals surface area contributed by atoms with E-state index < -0.39 is 114 Å². The van der Waals surface area contributed by atoms with Crippen LogP contribution in [0.3, 0.4) is 0 Å². The number of hydrogen-bond acceptors (Lipinski definition) is 27. The van der Waals surface area contributed by atoms with E-state index in [1.165, 1.54) is 74.3 Å². The summed E-state index contributed by atoms with van der Waals surface area (Å²) in [4.78, 5) is 179. The predicted octanol–water partition coefficient (Wildman–Crippen LogP) is 2.70. The van der Waals surface area contributed by atoms with Gasteiger partial charge in [0.15, 0.2) is 29.2 Å². The van der Waals surface area contributed by atoms with Gasteiger partial charge >= 0.3 is 18.2 Å². The molecular weight excluding hydrogens is 1620 g/mol. The third-order valence-corrected chi connectivity index (χ3v) is 20.2. The standard InChI is InChI=1S/C84H111N13O27/c1-52-42-66-82(110)97-65-47-70(68(114-5)44-61(65)81(109)95(66)48-52)122-29-9-28-121-69-46-64-60(43-67(69)113-4)80(108)94-27-8-10-59(94)49-96(64)83(111)123-50-55-14-18-58(19-15-55)91-79(107)63(45-75(102)103)93-78(106)62(11-6-7-24-85)92-74(101)23-31-116-35-39-120-41-37-118-33-26-87-72(99)21-20-71(98)86-25-32-117-36-40-119-38-34-115-30-22-73(100)88-53(2)76(104)89-54(3)77(105)90-57-16-12-56(13-17-57)51-124-84(97)112/h12-21,43-44,46-47,53-54,59,62-63,66,82,110H,1,6-11,22-42,45,48-51,85H2,2-5H3,(H,86,98)(H,87,99)(H,88,100)(H,89,104)(H,90,105)(H,91,107)(H,92,101)(H,93,106)(H,102,103)/b21-20-/t53-,54-,59-,62-,63-,66-,82?/m0/s1. The molecule has 7 aliphatic heterocycles. The molecule has 11 rings (SSSR count). The van der Waals surface area contributed by atoms with Crippen LogP contribution in [0.2, 0.25) is 0 Å². The van der Waals surface area contributed by atoms with Gasteiger partial charge in [0.05, 0.1) is 148 Å². The quantitative estimate of drug-likeness (QED) is 0.0892. The zero-order valence-corrected chi connectivity index (χ0v) is 69.9. The van der Waals surface area contributed by atoms with Gasteiger partial charge in [-0.2, -0.15) is 0 Å². The van der Waals surface area contributed by atoms with E-state index in [-0.39, 0.29) is 227 Å². The third kappa shape index (κ3) is 29.1. The minimum Gasteiger partial charge on any atom is -0.493 e. The molecule has 124 heavy (non-hydrogen) atoms. The lowest BCUT2D eigenvalue weighted by atomic mass is 10.1. The number of rotatable bonds is 8. The summed E-state index contributed by atoms with van der Waals surface area (Å²) < 4.78 is 68.8. The minimum atomic E-state index is -1.64. The molecule has 7 heterocycles. The van der Waals surface area contributed by atoms with Crippen LogP contribution in [0.4, 0.5) is 32.3 Å². The van der Waals surface area contributed by atoms with Crippen molar-refractivity contribution in [2.75, 3.05) is 166 Å². The number of anilines is 4. The summed E-state index contributed by atoms with van der Waals surface area (Å²) in [5.41, 5.74) is 8.09. The van der Waals surface area contributed by atoms with E-state index in [0.29, 0.717) is 61.2 Å². The summed E-state index contributed by atoms with van der Waals surface area (Å²) in [5.74, 6) is -6.70. The van der Waals surface area contributed by atoms with Crippen LogP contribution in [-0.2, 0) is 94.3 Å². The Morgan fingerprint density at radius 2 is 1.04 bits per heavy atom. The van der Waals surface area contributed by atoms with Gasteiger partial charge in [0, 0.05) is 87.6 Å². The molecular formula is C84H111N13O27. The fourth-order valence-electron chi connectivity index (χ4n) is 13.7. The molecule has 8 bridgehead atoms. The van der Waals surface area contributed by atoms with Crippen LogP contribution in [0.25, 0.3) is 0 Å². The highest BCUT2D eigenvalue weighted by Gasteiger charge is 2.47. The Morgan fingerprint density at radius 3 is 1.59 bits per heavy atom. The van der Waals surface area contributed by atoms with Crippen molar-refractivity contribution >= 4 is 100.0 Å². The van der Waals surface area contributed by atoms with Crippen molar-refractivity contribution in [2.45, 2.75) is 134 Å². The van der Waals surface area contributed by atoms with Crippen LogP contribution in [-0.4, -0.2) is 286 Å². The van der Waals surface area contributed by atoms with Gasteiger partial charge in [-0.05, 0) is 106 Å². The molecule has 4 aromatic carbocycles. The van der Waals surface area contributed by atoms with Crippen LogP contribution < -0.4 is 77.0 Å². The number of fused-ring (bicyclic) bond motifs is 4. The molecule has 0 aromatic heterocycles. The van der Waals surface area contributed by atoms with E-state index in [1.807, 2.05) is 0 Å². The van der Waals surface area contributed by atoms with E-state index in [2.05, 4.69) is 49.1 Å². The Balaban J connectivity index is 0.837. The van der Waals surface area contributed by atoms with E-state index >= 15 is 0 Å². The Kier molecular flexibility index (Phi) is 38.1. The van der Waals surface area contributed by atoms with Crippen LogP contribution >= 0.6 is 0 Å². The van der Waals surface area contributed by atoms with E-state index in [4.69, 9.17) is 62.6 Å². The molecule has 2 saturated heterocycles. The highest BCUT2D eigenvalue weighted by atomic mass is 16.6. The third-order valence-electron chi connectivity index (χ3n) is 20.2. The van der Waals surface area contributed by atoms with Crippen molar-refractivity contribution < 1.29 is 129 Å². The molecule has 0 aliphatic carbocycles. The second kappa shape index (κ2) is 49.3. The molecule has 40 heteroatoms. The lowest BCUT2D eigenvalue weighted by molar-refractivity contribution is -0.140. The zero-order chi connectivity index (χ0) is 89.0. The molecule has 4 aromatic rings. The molecule has 7 atom stereocenters. The summed E-state index contributed by atoms with van der Waals surface area (Å²) >= 11 is 0. The van der Waals surface area contributed by atoms with Gasteiger partial charge < -0.3 is 125 Å². The van der Waals surface area contributed by atoms with Crippen LogP contribution in [0.5, 0.6) is 23.0 Å². The molecule has 0 saturated carbocycles. The number of aliphatic hydroxyl groups excluding tert-OH is 1. The molecule has 0 spiro atoms. The zero-order valence-electron chi connectivity index (χ0n) is 69.9. The summed E-state index contributed by atoms with van der Waals surface area (Å²) in [6.45, 7) is 9.22. The number of carbonyl (C=O) groups excluding carboxylic acids is 12. The largest absolute Gasteiger partial charge is 0.493 e. The number of carboxylic acid groups (broad SMARTS) is 1. The van der Waals surface area contributed by atoms with Gasteiger partial charge in [0.2, 0.25) is 47.3 Å². The number of aliphatic carboxylic acids is 1. The fraction of sp³-hybridized carbons (Fsp3) is 0.512. The van der Waals surface area contributed by atoms with Gasteiger partial charge in [-0.3, -0.25) is 57.6 Å². The number of benzene rings is 4. The smallest absolute Gasteiger partial charge is 0.416 e. The number of ether oxygens (including phenoxy) is 12. The van der Waals surface area contributed by atoms with E-state index in [0.717, 1.165) is 17.1 Å². The first-order valence-corrected chi connectivity index (χ1v) is 41.0. The molecule has 40 nitrogen and oxygen atoms in total. The number of amides is 12. The Labute approximate surface area is 716 Å². The number of carbonyl (C=O) groups is 13. The van der Waals surface area contributed by atoms with Gasteiger partial charge in [-0.25, -0.2) is 14.5 Å². The first-order chi connectivity index (χ1) is 59.8. The maximum atomic E-state index is 14.4. The van der Waals surface area contributed by atoms with E-state index in [9.17, 15) is 72.5 Å². The minimum absolute atomic E-state index is 0.0106. The van der Waals surface area contributed by atoms with Crippen molar-refractivity contribution in [3.8, 4) is 23.0 Å². The number of nitrogens with two attached hydrogens (primary N) is 1. The number of hydrogen-bond donors (Lipinski definition) is 11. The average Bonchev–Trinajstić information content (AvgIpc) is 1.69. The molecule has 1 unspecified atom stereocenters. The normalized spacial score (nSPS) is 23.1. The number of carboxylic acids is 1. The second-order valence-electron chi connectivity index (χ2n) is 29.4. The number of unbranched alkanes of at least 4 members (excludes halogenated alkanes) is 1. The van der Waals surface area contributed by atoms with E-state index in [1.54, 1.807) is 41.3 Å². The maximum Gasteiger partial charge on any atom is 0.416 e. The Hall–Kier alpha value is -12.1. The highest BCUT2D eigenvalue weighted by Crippen LogP contribution is 2.44. The van der Waals surface area contributed by atoms with Crippen molar-refractivity contribution in [3.63, 3.8) is 0 Å². The second-order valence-corrected chi connectivity index (χ2v) is 29.4. The van der Waals surface area contributed by atoms with Crippen LogP contribution in [0, 0.1) is 0 Å². The lowest BCUT2D eigenvalue weighted by Crippen LogP contribution is -2.53. The first-order valence-electron chi connectivity index (χ1n) is 41.0. The van der Waals surface area contributed by atoms with Crippen LogP contribution in [0.15, 0.2) is 97.1 Å². The van der Waals surface area contributed by atoms with Gasteiger partial charge in [0.1, 0.15) is 37.4 Å². The lowest BCUT2D eigenvalue weighted by Gasteiger charge is -2.31. The van der Waals surface area contributed by atoms with Gasteiger partial charge in [-0.15, -0.1) is 0 Å². The van der Waals surface area contributed by atoms with Crippen molar-refractivity contribution in [1.82, 2.24) is 41.7 Å². The Bertz CT molecular complexity index is 4400. The maximum absolute atomic E-state index is 14.4. The molecule has 0 radical (unpaired) electrons. The first kappa shape index (κ1) is 95.8. The number of nitrogens with one attached hydrogen (secondary N) is 8. The molecule has 12 N–H and O–H groups in total. The topological polar surface area (TPSA) is 508 Å². The monoisotopic (exact) mass is 1730 g/mol. The Morgan fingerprint density at radius 1 is 0.540 bits per heavy atom. The van der Waals surface area contributed by atoms with Crippen molar-refractivity contribution in [1.29, 1.82) is 0 Å². The summed E-state index contributed by atoms with van der Waals surface area (Å²) in [6, 6.07) is 12.0.